The van der Waals surface area contributed by atoms with Crippen LogP contribution in [0.4, 0.5) is 5.82 Å². The molecule has 0 saturated heterocycles. The number of phenolic OH excluding ortho intramolecular Hbond substituents is 2. The summed E-state index contributed by atoms with van der Waals surface area (Å²) in [6, 6.07) is 9.83. The van der Waals surface area contributed by atoms with Gasteiger partial charge < -0.3 is 34.9 Å². The zero-order valence-electron chi connectivity index (χ0n) is 25.3. The van der Waals surface area contributed by atoms with Gasteiger partial charge in [0.15, 0.2) is 5.43 Å². The highest BCUT2D eigenvalue weighted by Gasteiger charge is 2.46. The zero-order chi connectivity index (χ0) is 32.2. The number of aliphatic hydroxyl groups is 1. The SMILES string of the molecule is CC=C(C)C(=O)O[C@H]1Cc2c(c([C@H]3c4ccnc(N)c4C=C[C@H]3c3cccc(O)c3)c3oc(CO)cc(=O)c3c2O)OC1(C)C. The zero-order valence-corrected chi connectivity index (χ0v) is 25.3. The van der Waals surface area contributed by atoms with Crippen LogP contribution >= 0.6 is 0 Å². The number of pyridine rings is 1. The summed E-state index contributed by atoms with van der Waals surface area (Å²) in [5.41, 5.74) is 8.08. The van der Waals surface area contributed by atoms with E-state index < -0.39 is 41.5 Å². The van der Waals surface area contributed by atoms with E-state index in [4.69, 9.17) is 19.6 Å². The van der Waals surface area contributed by atoms with E-state index in [2.05, 4.69) is 4.98 Å². The van der Waals surface area contributed by atoms with E-state index in [1.54, 1.807) is 58.2 Å². The van der Waals surface area contributed by atoms with Crippen LogP contribution in [0.15, 0.2) is 69.5 Å². The fourth-order valence-electron chi connectivity index (χ4n) is 6.26. The third kappa shape index (κ3) is 5.01. The Hall–Kier alpha value is -5.09. The molecule has 3 atom stereocenters. The molecular weight excluding hydrogens is 576 g/mol. The summed E-state index contributed by atoms with van der Waals surface area (Å²) in [5, 5.41) is 32.0. The number of benzene rings is 2. The van der Waals surface area contributed by atoms with Crippen molar-refractivity contribution < 1.29 is 34.0 Å². The quantitative estimate of drug-likeness (QED) is 0.174. The Morgan fingerprint density at radius 1 is 1.22 bits per heavy atom. The molecule has 1 aliphatic carbocycles. The molecule has 4 aromatic rings. The summed E-state index contributed by atoms with van der Waals surface area (Å²) >= 11 is 0. The largest absolute Gasteiger partial charge is 0.508 e. The highest BCUT2D eigenvalue weighted by Crippen LogP contribution is 2.55. The van der Waals surface area contributed by atoms with E-state index in [1.807, 2.05) is 24.3 Å². The number of carbonyl (C=O) groups excluding carboxylic acids is 1. The number of fused-ring (bicyclic) bond motifs is 3. The summed E-state index contributed by atoms with van der Waals surface area (Å²) in [5.74, 6) is -1.27. The lowest BCUT2D eigenvalue weighted by Gasteiger charge is -2.42. The van der Waals surface area contributed by atoms with Gasteiger partial charge in [-0.25, -0.2) is 9.78 Å². The van der Waals surface area contributed by atoms with Crippen LogP contribution in [0.3, 0.4) is 0 Å². The number of carbonyl (C=O) groups is 1. The van der Waals surface area contributed by atoms with E-state index >= 15 is 0 Å². The average molecular weight is 611 g/mol. The molecule has 0 spiro atoms. The van der Waals surface area contributed by atoms with Crippen molar-refractivity contribution in [1.82, 2.24) is 4.98 Å². The number of phenols is 2. The van der Waals surface area contributed by atoms with Gasteiger partial charge in [0.05, 0.1) is 0 Å². The number of esters is 1. The number of anilines is 1. The second kappa shape index (κ2) is 11.1. The molecule has 45 heavy (non-hydrogen) atoms. The van der Waals surface area contributed by atoms with Gasteiger partial charge in [-0.2, -0.15) is 0 Å². The highest BCUT2D eigenvalue weighted by atomic mass is 16.6. The maximum Gasteiger partial charge on any atom is 0.333 e. The molecule has 0 bridgehead atoms. The standard InChI is InChI=1S/C35H34N2O8/c1-5-17(2)34(42)44-26-15-24-30(41)28-25(40)14-20(16-38)43-32(28)29(31(24)45-35(26,3)4)27-21(18-7-6-8-19(39)13-18)9-10-23-22(27)11-12-37-33(23)36/h5-14,21,26-27,38-39,41H,15-16H2,1-4H3,(H2,36,37)/t21-,26-,27+/m0/s1. The molecular formula is C35H34N2O8. The minimum Gasteiger partial charge on any atom is -0.508 e. The molecule has 10 heteroatoms. The third-order valence-corrected chi connectivity index (χ3v) is 8.76. The number of allylic oxidation sites excluding steroid dienone is 2. The van der Waals surface area contributed by atoms with Gasteiger partial charge in [0.2, 0.25) is 0 Å². The average Bonchev–Trinajstić information content (AvgIpc) is 3.01. The number of ether oxygens (including phenoxy) is 2. The lowest BCUT2D eigenvalue weighted by atomic mass is 9.71. The number of hydrogen-bond acceptors (Lipinski definition) is 10. The minimum atomic E-state index is -1.08. The molecule has 2 aliphatic rings. The fraction of sp³-hybridized carbons (Fsp3) is 0.286. The van der Waals surface area contributed by atoms with Gasteiger partial charge in [0.25, 0.3) is 0 Å². The smallest absolute Gasteiger partial charge is 0.333 e. The second-order valence-electron chi connectivity index (χ2n) is 11.9. The first-order chi connectivity index (χ1) is 21.4. The van der Waals surface area contributed by atoms with Crippen molar-refractivity contribution in [3.8, 4) is 17.2 Å². The van der Waals surface area contributed by atoms with Gasteiger partial charge in [-0.15, -0.1) is 0 Å². The van der Waals surface area contributed by atoms with Crippen molar-refractivity contribution >= 4 is 28.8 Å². The maximum atomic E-state index is 13.6. The molecule has 0 saturated carbocycles. The molecule has 0 radical (unpaired) electrons. The summed E-state index contributed by atoms with van der Waals surface area (Å²) in [6.45, 7) is 6.41. The lowest BCUT2D eigenvalue weighted by molar-refractivity contribution is -0.156. The molecule has 2 aromatic heterocycles. The Labute approximate surface area is 259 Å². The highest BCUT2D eigenvalue weighted by molar-refractivity contribution is 5.92. The Balaban J connectivity index is 1.69. The summed E-state index contributed by atoms with van der Waals surface area (Å²) in [6.07, 6.45) is 6.29. The monoisotopic (exact) mass is 610 g/mol. The van der Waals surface area contributed by atoms with E-state index in [9.17, 15) is 24.9 Å². The van der Waals surface area contributed by atoms with E-state index in [0.29, 0.717) is 22.5 Å². The summed E-state index contributed by atoms with van der Waals surface area (Å²) in [4.78, 5) is 30.7. The Morgan fingerprint density at radius 2 is 2.00 bits per heavy atom. The topological polar surface area (TPSA) is 165 Å². The van der Waals surface area contributed by atoms with Gasteiger partial charge in [0, 0.05) is 52.8 Å². The molecule has 5 N–H and O–H groups in total. The van der Waals surface area contributed by atoms with Crippen LogP contribution in [-0.4, -0.2) is 38.0 Å². The molecule has 0 unspecified atom stereocenters. The van der Waals surface area contributed by atoms with Crippen LogP contribution in [0.25, 0.3) is 17.0 Å². The van der Waals surface area contributed by atoms with Crippen LogP contribution in [0.1, 0.15) is 73.1 Å². The minimum absolute atomic E-state index is 0.00604. The van der Waals surface area contributed by atoms with Gasteiger partial charge in [-0.05, 0) is 57.0 Å². The molecule has 0 fully saturated rings. The molecule has 0 amide bonds. The molecule has 2 aromatic carbocycles. The van der Waals surface area contributed by atoms with Crippen molar-refractivity contribution in [1.29, 1.82) is 0 Å². The Kier molecular flexibility index (Phi) is 7.40. The van der Waals surface area contributed by atoms with E-state index in [1.165, 1.54) is 0 Å². The van der Waals surface area contributed by atoms with Gasteiger partial charge >= 0.3 is 5.97 Å². The predicted molar refractivity (Wildman–Crippen MR) is 168 cm³/mol. The van der Waals surface area contributed by atoms with Gasteiger partial charge in [-0.3, -0.25) is 4.79 Å². The summed E-state index contributed by atoms with van der Waals surface area (Å²) in [7, 11) is 0. The number of aliphatic hydroxyl groups excluding tert-OH is 1. The van der Waals surface area contributed by atoms with E-state index in [0.717, 1.165) is 17.2 Å². The van der Waals surface area contributed by atoms with Crippen LogP contribution in [-0.2, 0) is 22.6 Å². The predicted octanol–water partition coefficient (Wildman–Crippen LogP) is 5.21. The molecule has 10 nitrogen and oxygen atoms in total. The van der Waals surface area contributed by atoms with Crippen LogP contribution in [0, 0.1) is 0 Å². The number of nitrogens with two attached hydrogens (primary N) is 1. The first-order valence-corrected chi connectivity index (χ1v) is 14.6. The molecule has 1 aliphatic heterocycles. The van der Waals surface area contributed by atoms with Crippen LogP contribution in [0.5, 0.6) is 17.2 Å². The molecule has 232 valence electrons. The number of nitrogens with zero attached hydrogens (tertiary/aromatic N) is 1. The lowest BCUT2D eigenvalue weighted by Crippen LogP contribution is -2.49. The fourth-order valence-corrected chi connectivity index (χ4v) is 6.26. The van der Waals surface area contributed by atoms with Crippen molar-refractivity contribution in [3.05, 3.63) is 104 Å². The number of nitrogen functional groups attached to an aromatic ring is 1. The maximum absolute atomic E-state index is 13.6. The van der Waals surface area contributed by atoms with Crippen molar-refractivity contribution in [3.63, 3.8) is 0 Å². The first kappa shape index (κ1) is 30.0. The second-order valence-corrected chi connectivity index (χ2v) is 11.9. The van der Waals surface area contributed by atoms with E-state index in [-0.39, 0.29) is 46.0 Å². The van der Waals surface area contributed by atoms with Crippen LogP contribution in [0.2, 0.25) is 0 Å². The number of aromatic hydroxyl groups is 2. The first-order valence-electron chi connectivity index (χ1n) is 14.6. The van der Waals surface area contributed by atoms with Crippen molar-refractivity contribution in [2.75, 3.05) is 5.73 Å². The van der Waals surface area contributed by atoms with Crippen molar-refractivity contribution in [2.24, 2.45) is 0 Å². The normalized spacial score (nSPS) is 20.3. The number of hydrogen-bond donors (Lipinski definition) is 4. The molecule has 3 heterocycles. The third-order valence-electron chi connectivity index (χ3n) is 8.76. The van der Waals surface area contributed by atoms with Crippen molar-refractivity contribution in [2.45, 2.75) is 64.3 Å². The van der Waals surface area contributed by atoms with Gasteiger partial charge in [-0.1, -0.05) is 30.4 Å². The van der Waals surface area contributed by atoms with Gasteiger partial charge in [0.1, 0.15) is 58.1 Å². The number of rotatable bonds is 5. The molecule has 6 rings (SSSR count). The summed E-state index contributed by atoms with van der Waals surface area (Å²) < 4.78 is 18.7. The van der Waals surface area contributed by atoms with Crippen LogP contribution < -0.4 is 15.9 Å². The Bertz CT molecular complexity index is 1970. The number of aromatic nitrogens is 1. The Morgan fingerprint density at radius 3 is 2.71 bits per heavy atom.